The lowest BCUT2D eigenvalue weighted by Crippen LogP contribution is -1.91. The zero-order valence-corrected chi connectivity index (χ0v) is 16.9. The van der Waals surface area contributed by atoms with Gasteiger partial charge in [0.1, 0.15) is 11.3 Å². The van der Waals surface area contributed by atoms with Crippen LogP contribution in [0.25, 0.3) is 44.5 Å². The number of hydrogen-bond acceptors (Lipinski definition) is 1. The van der Waals surface area contributed by atoms with E-state index in [-0.39, 0.29) is 0 Å². The van der Waals surface area contributed by atoms with Crippen molar-refractivity contribution in [3.8, 4) is 33.6 Å². The van der Waals surface area contributed by atoms with Gasteiger partial charge in [-0.3, -0.25) is 0 Å². The van der Waals surface area contributed by atoms with Crippen molar-refractivity contribution in [2.24, 2.45) is 0 Å². The molecule has 3 aromatic rings. The van der Waals surface area contributed by atoms with Crippen LogP contribution in [0, 0.1) is 0 Å². The molecule has 0 amide bonds. The highest BCUT2D eigenvalue weighted by molar-refractivity contribution is 6.09. The molecule has 0 unspecified atom stereocenters. The van der Waals surface area contributed by atoms with E-state index in [1.165, 1.54) is 38.8 Å². The number of rotatable bonds is 4. The highest BCUT2D eigenvalue weighted by Crippen LogP contribution is 2.51. The lowest BCUT2D eigenvalue weighted by atomic mass is 9.93. The Morgan fingerprint density at radius 3 is 1.76 bits per heavy atom. The van der Waals surface area contributed by atoms with Crippen LogP contribution in [0.1, 0.15) is 25.0 Å². The van der Waals surface area contributed by atoms with E-state index in [1.807, 2.05) is 0 Å². The van der Waals surface area contributed by atoms with Crippen LogP contribution >= 0.6 is 0 Å². The van der Waals surface area contributed by atoms with Gasteiger partial charge in [0, 0.05) is 22.1 Å². The monoisotopic (exact) mass is 376 g/mol. The van der Waals surface area contributed by atoms with Crippen molar-refractivity contribution in [1.29, 1.82) is 0 Å². The molecule has 3 aromatic carbocycles. The van der Waals surface area contributed by atoms with Gasteiger partial charge in [0.05, 0.1) is 0 Å². The third kappa shape index (κ3) is 2.77. The molecule has 0 atom stereocenters. The molecule has 1 heterocycles. The maximum absolute atomic E-state index is 6.55. The van der Waals surface area contributed by atoms with E-state index in [4.69, 9.17) is 4.42 Å². The Bertz CT molecular complexity index is 1250. The molecule has 0 N–H and O–H groups in total. The minimum Gasteiger partial charge on any atom is -0.455 e. The first-order chi connectivity index (χ1) is 14.3. The van der Waals surface area contributed by atoms with E-state index in [1.54, 1.807) is 0 Å². The molecule has 1 aliphatic heterocycles. The van der Waals surface area contributed by atoms with Gasteiger partial charge >= 0.3 is 0 Å². The highest BCUT2D eigenvalue weighted by atomic mass is 16.3. The molecule has 0 aromatic heterocycles. The molecule has 0 fully saturated rings. The van der Waals surface area contributed by atoms with Crippen LogP contribution < -0.4 is 0 Å². The Kier molecular flexibility index (Phi) is 4.44. The maximum atomic E-state index is 6.55. The van der Waals surface area contributed by atoms with Crippen LogP contribution in [0.4, 0.5) is 0 Å². The first kappa shape index (κ1) is 17.8. The van der Waals surface area contributed by atoms with Crippen molar-refractivity contribution >= 4 is 11.0 Å². The van der Waals surface area contributed by atoms with Gasteiger partial charge in [0.25, 0.3) is 0 Å². The summed E-state index contributed by atoms with van der Waals surface area (Å²) in [5.74, 6) is 0.980. The van der Waals surface area contributed by atoms with E-state index >= 15 is 0 Å². The summed E-state index contributed by atoms with van der Waals surface area (Å²) in [6, 6.07) is 29.8. The van der Waals surface area contributed by atoms with E-state index in [0.717, 1.165) is 29.7 Å². The van der Waals surface area contributed by atoms with Crippen LogP contribution in [0.15, 0.2) is 89.3 Å². The maximum Gasteiger partial charge on any atom is 0.142 e. The van der Waals surface area contributed by atoms with Crippen molar-refractivity contribution < 1.29 is 4.42 Å². The molecule has 29 heavy (non-hydrogen) atoms. The van der Waals surface area contributed by atoms with Crippen LogP contribution in [-0.4, -0.2) is 0 Å². The van der Waals surface area contributed by atoms with Gasteiger partial charge in [-0.25, -0.2) is 0 Å². The Balaban J connectivity index is 2.00. The van der Waals surface area contributed by atoms with Gasteiger partial charge in [-0.1, -0.05) is 92.7 Å². The lowest BCUT2D eigenvalue weighted by Gasteiger charge is -2.15. The SMILES string of the molecule is CCc1c(CC)c(-c2ccccc2)c2c3ccccc3oc(-c3ccccc3)c1-2. The molecule has 0 radical (unpaired) electrons. The smallest absolute Gasteiger partial charge is 0.142 e. The first-order valence-electron chi connectivity index (χ1n) is 10.4. The van der Waals surface area contributed by atoms with Crippen molar-refractivity contribution in [2.75, 3.05) is 0 Å². The van der Waals surface area contributed by atoms with Crippen molar-refractivity contribution in [3.05, 3.63) is 96.1 Å². The second-order valence-corrected chi connectivity index (χ2v) is 7.45. The van der Waals surface area contributed by atoms with E-state index < -0.39 is 0 Å². The molecule has 0 saturated heterocycles. The highest BCUT2D eigenvalue weighted by Gasteiger charge is 2.29. The quantitative estimate of drug-likeness (QED) is 0.310. The molecule has 1 heteroatoms. The number of benzene rings is 3. The van der Waals surface area contributed by atoms with Gasteiger partial charge in [-0.15, -0.1) is 0 Å². The summed E-state index contributed by atoms with van der Waals surface area (Å²) in [6.45, 7) is 4.52. The van der Waals surface area contributed by atoms with Crippen molar-refractivity contribution in [3.63, 3.8) is 0 Å². The van der Waals surface area contributed by atoms with Crippen molar-refractivity contribution in [1.82, 2.24) is 0 Å². The Hall–Kier alpha value is -3.32. The third-order valence-electron chi connectivity index (χ3n) is 5.87. The van der Waals surface area contributed by atoms with Gasteiger partial charge in [-0.05, 0) is 41.2 Å². The molecule has 1 nitrogen and oxygen atoms in total. The topological polar surface area (TPSA) is 13.1 Å². The minimum absolute atomic E-state index is 0.936. The zero-order valence-electron chi connectivity index (χ0n) is 16.9. The molecule has 0 spiro atoms. The third-order valence-corrected chi connectivity index (χ3v) is 5.87. The largest absolute Gasteiger partial charge is 0.455 e. The molecular weight excluding hydrogens is 352 g/mol. The Morgan fingerprint density at radius 1 is 0.552 bits per heavy atom. The van der Waals surface area contributed by atoms with Crippen molar-refractivity contribution in [2.45, 2.75) is 26.7 Å². The summed E-state index contributed by atoms with van der Waals surface area (Å²) >= 11 is 0. The molecule has 142 valence electrons. The fraction of sp³-hybridized carbons (Fsp3) is 0.143. The van der Waals surface area contributed by atoms with E-state index in [9.17, 15) is 0 Å². The second-order valence-electron chi connectivity index (χ2n) is 7.45. The van der Waals surface area contributed by atoms with E-state index in [0.29, 0.717) is 0 Å². The molecule has 5 rings (SSSR count). The number of para-hydroxylation sites is 1. The second kappa shape index (κ2) is 7.25. The van der Waals surface area contributed by atoms with Crippen LogP contribution in [0.2, 0.25) is 0 Å². The Labute approximate surface area is 172 Å². The summed E-state index contributed by atoms with van der Waals surface area (Å²) in [5, 5.41) is 1.19. The fourth-order valence-electron chi connectivity index (χ4n) is 4.67. The van der Waals surface area contributed by atoms with Gasteiger partial charge in [-0.2, -0.15) is 0 Å². The number of hydrogen-bond donors (Lipinski definition) is 0. The lowest BCUT2D eigenvalue weighted by molar-refractivity contribution is 0.621. The van der Waals surface area contributed by atoms with Gasteiger partial charge < -0.3 is 4.42 Å². The normalized spacial score (nSPS) is 11.4. The molecule has 2 aliphatic rings. The predicted molar refractivity (Wildman–Crippen MR) is 122 cm³/mol. The number of fused-ring (bicyclic) bond motifs is 3. The van der Waals surface area contributed by atoms with Gasteiger partial charge in [0.2, 0.25) is 0 Å². The summed E-state index contributed by atoms with van der Waals surface area (Å²) in [4.78, 5) is 0. The van der Waals surface area contributed by atoms with Gasteiger partial charge in [0.15, 0.2) is 0 Å². The summed E-state index contributed by atoms with van der Waals surface area (Å²) in [7, 11) is 0. The summed E-state index contributed by atoms with van der Waals surface area (Å²) in [6.07, 6.45) is 1.99. The van der Waals surface area contributed by atoms with E-state index in [2.05, 4.69) is 98.8 Å². The fourth-order valence-corrected chi connectivity index (χ4v) is 4.67. The Morgan fingerprint density at radius 2 is 1.10 bits per heavy atom. The standard InChI is InChI=1S/C28H24O/c1-3-21-22(4-2)27-26(25(21)19-13-7-5-8-14-19)23-17-11-12-18-24(23)29-28(27)20-15-9-6-10-16-20/h5-18H,3-4H2,1-2H3. The average Bonchev–Trinajstić information content (AvgIpc) is 3.14. The molecule has 0 bridgehead atoms. The molecular formula is C28H24O. The van der Waals surface area contributed by atoms with Crippen LogP contribution in [0.3, 0.4) is 0 Å². The summed E-state index contributed by atoms with van der Waals surface area (Å²) in [5.41, 5.74) is 10.2. The minimum atomic E-state index is 0.936. The molecule has 1 aliphatic carbocycles. The average molecular weight is 376 g/mol. The molecule has 0 saturated carbocycles. The summed E-state index contributed by atoms with van der Waals surface area (Å²) < 4.78 is 6.55. The first-order valence-corrected chi connectivity index (χ1v) is 10.4. The van der Waals surface area contributed by atoms with Crippen LogP contribution in [-0.2, 0) is 12.8 Å². The predicted octanol–water partition coefficient (Wildman–Crippen LogP) is 8.00. The zero-order chi connectivity index (χ0) is 19.8. The van der Waals surface area contributed by atoms with Crippen LogP contribution in [0.5, 0.6) is 0 Å².